The summed E-state index contributed by atoms with van der Waals surface area (Å²) in [5.74, 6) is 0.423. The van der Waals surface area contributed by atoms with Gasteiger partial charge in [-0.3, -0.25) is 9.59 Å². The average Bonchev–Trinajstić information content (AvgIpc) is 2.82. The molecule has 1 heterocycles. The van der Waals surface area contributed by atoms with Crippen LogP contribution in [0.1, 0.15) is 22.3 Å². The summed E-state index contributed by atoms with van der Waals surface area (Å²) in [7, 11) is 3.04. The van der Waals surface area contributed by atoms with E-state index in [0.717, 1.165) is 18.7 Å². The lowest BCUT2D eigenvalue weighted by Gasteiger charge is -2.29. The number of methoxy groups -OCH3 is 2. The Kier molecular flexibility index (Phi) is 7.83. The molecule has 0 bridgehead atoms. The van der Waals surface area contributed by atoms with Crippen molar-refractivity contribution < 1.29 is 23.5 Å². The molecule has 1 fully saturated rings. The van der Waals surface area contributed by atoms with E-state index in [0.29, 0.717) is 30.2 Å². The fourth-order valence-electron chi connectivity index (χ4n) is 3.48. The van der Waals surface area contributed by atoms with Crippen LogP contribution in [0.4, 0.5) is 4.39 Å². The summed E-state index contributed by atoms with van der Waals surface area (Å²) in [6.07, 6.45) is 0.216. The van der Waals surface area contributed by atoms with Crippen LogP contribution in [0.5, 0.6) is 11.5 Å². The SMILES string of the molecule is COc1cc(OC)cc(C(=O)N(CCC(=O)N2CCNCC2)Cc2ccc(F)cc2)c1. The molecule has 0 unspecified atom stereocenters. The summed E-state index contributed by atoms with van der Waals surface area (Å²) >= 11 is 0. The van der Waals surface area contributed by atoms with E-state index in [4.69, 9.17) is 9.47 Å². The molecule has 0 radical (unpaired) electrons. The molecule has 1 aliphatic rings. The van der Waals surface area contributed by atoms with Crippen molar-refractivity contribution in [3.8, 4) is 11.5 Å². The highest BCUT2D eigenvalue weighted by Crippen LogP contribution is 2.24. The molecular formula is C23H28FN3O4. The summed E-state index contributed by atoms with van der Waals surface area (Å²) in [4.78, 5) is 29.4. The van der Waals surface area contributed by atoms with E-state index in [2.05, 4.69) is 5.32 Å². The number of rotatable bonds is 8. The molecule has 7 nitrogen and oxygen atoms in total. The van der Waals surface area contributed by atoms with Gasteiger partial charge in [0.05, 0.1) is 14.2 Å². The highest BCUT2D eigenvalue weighted by atomic mass is 19.1. The summed E-state index contributed by atoms with van der Waals surface area (Å²) in [6, 6.07) is 11.0. The van der Waals surface area contributed by atoms with Gasteiger partial charge in [-0.15, -0.1) is 0 Å². The number of ether oxygens (including phenoxy) is 2. The quantitative estimate of drug-likeness (QED) is 0.697. The van der Waals surface area contributed by atoms with Crippen molar-refractivity contribution in [2.75, 3.05) is 46.9 Å². The lowest BCUT2D eigenvalue weighted by molar-refractivity contribution is -0.132. The Labute approximate surface area is 181 Å². The fourth-order valence-corrected chi connectivity index (χ4v) is 3.48. The fraction of sp³-hybridized carbons (Fsp3) is 0.391. The second-order valence-electron chi connectivity index (χ2n) is 7.34. The predicted molar refractivity (Wildman–Crippen MR) is 115 cm³/mol. The van der Waals surface area contributed by atoms with Gasteiger partial charge >= 0.3 is 0 Å². The van der Waals surface area contributed by atoms with Gasteiger partial charge in [0.2, 0.25) is 5.91 Å². The molecule has 2 aromatic carbocycles. The molecule has 2 aromatic rings. The lowest BCUT2D eigenvalue weighted by Crippen LogP contribution is -2.47. The van der Waals surface area contributed by atoms with E-state index in [1.54, 1.807) is 35.2 Å². The minimum atomic E-state index is -0.340. The first kappa shape index (κ1) is 22.6. The molecule has 0 atom stereocenters. The van der Waals surface area contributed by atoms with Gasteiger partial charge in [0.15, 0.2) is 0 Å². The van der Waals surface area contributed by atoms with E-state index in [1.165, 1.54) is 26.4 Å². The highest BCUT2D eigenvalue weighted by molar-refractivity contribution is 5.95. The first-order valence-corrected chi connectivity index (χ1v) is 10.3. The summed E-state index contributed by atoms with van der Waals surface area (Å²) < 4.78 is 23.9. The Bertz CT molecular complexity index is 876. The highest BCUT2D eigenvalue weighted by Gasteiger charge is 2.22. The number of benzene rings is 2. The summed E-state index contributed by atoms with van der Waals surface area (Å²) in [5, 5.41) is 3.22. The standard InChI is InChI=1S/C23H28FN3O4/c1-30-20-13-18(14-21(15-20)31-2)23(29)27(16-17-3-5-19(24)6-4-17)10-7-22(28)26-11-8-25-9-12-26/h3-6,13-15,25H,7-12,16H2,1-2H3. The first-order chi connectivity index (χ1) is 15.0. The summed E-state index contributed by atoms with van der Waals surface area (Å²) in [6.45, 7) is 3.38. The summed E-state index contributed by atoms with van der Waals surface area (Å²) in [5.41, 5.74) is 1.17. The predicted octanol–water partition coefficient (Wildman–Crippen LogP) is 2.31. The maximum Gasteiger partial charge on any atom is 0.254 e. The van der Waals surface area contributed by atoms with E-state index >= 15 is 0 Å². The molecule has 0 aromatic heterocycles. The lowest BCUT2D eigenvalue weighted by atomic mass is 10.1. The number of nitrogens with zero attached hydrogens (tertiary/aromatic N) is 2. The Morgan fingerprint density at radius 3 is 2.23 bits per heavy atom. The van der Waals surface area contributed by atoms with Crippen LogP contribution in [0.15, 0.2) is 42.5 Å². The second kappa shape index (κ2) is 10.8. The molecular weight excluding hydrogens is 401 g/mol. The number of nitrogens with one attached hydrogen (secondary N) is 1. The van der Waals surface area contributed by atoms with Crippen LogP contribution < -0.4 is 14.8 Å². The van der Waals surface area contributed by atoms with Gasteiger partial charge in [0.25, 0.3) is 5.91 Å². The second-order valence-corrected chi connectivity index (χ2v) is 7.34. The van der Waals surface area contributed by atoms with Crippen molar-refractivity contribution in [1.29, 1.82) is 0 Å². The van der Waals surface area contributed by atoms with Crippen LogP contribution >= 0.6 is 0 Å². The van der Waals surface area contributed by atoms with Gasteiger partial charge in [-0.2, -0.15) is 0 Å². The zero-order valence-corrected chi connectivity index (χ0v) is 17.9. The Morgan fingerprint density at radius 2 is 1.65 bits per heavy atom. The smallest absolute Gasteiger partial charge is 0.254 e. The van der Waals surface area contributed by atoms with Crippen LogP contribution in [0, 0.1) is 5.82 Å². The minimum absolute atomic E-state index is 0.0154. The molecule has 2 amide bonds. The van der Waals surface area contributed by atoms with Crippen LogP contribution in [-0.4, -0.2) is 68.6 Å². The normalized spacial score (nSPS) is 13.6. The maximum atomic E-state index is 13.3. The van der Waals surface area contributed by atoms with Crippen LogP contribution in [0.2, 0.25) is 0 Å². The van der Waals surface area contributed by atoms with E-state index in [-0.39, 0.29) is 37.1 Å². The van der Waals surface area contributed by atoms with Crippen molar-refractivity contribution in [3.63, 3.8) is 0 Å². The maximum absolute atomic E-state index is 13.3. The number of hydrogen-bond acceptors (Lipinski definition) is 5. The van der Waals surface area contributed by atoms with Crippen molar-refractivity contribution in [2.24, 2.45) is 0 Å². The molecule has 3 rings (SSSR count). The van der Waals surface area contributed by atoms with Crippen molar-refractivity contribution in [1.82, 2.24) is 15.1 Å². The van der Waals surface area contributed by atoms with Crippen molar-refractivity contribution in [3.05, 3.63) is 59.4 Å². The number of halogens is 1. The molecule has 0 spiro atoms. The Morgan fingerprint density at radius 1 is 1.03 bits per heavy atom. The van der Waals surface area contributed by atoms with Crippen molar-refractivity contribution >= 4 is 11.8 Å². The molecule has 166 valence electrons. The monoisotopic (exact) mass is 429 g/mol. The molecule has 1 aliphatic heterocycles. The van der Waals surface area contributed by atoms with E-state index in [9.17, 15) is 14.0 Å². The van der Waals surface area contributed by atoms with Crippen LogP contribution in [-0.2, 0) is 11.3 Å². The molecule has 0 saturated carbocycles. The third-order valence-corrected chi connectivity index (χ3v) is 5.24. The van der Waals surface area contributed by atoms with Crippen LogP contribution in [0.25, 0.3) is 0 Å². The Balaban J connectivity index is 1.79. The van der Waals surface area contributed by atoms with Gasteiger partial charge in [-0.25, -0.2) is 4.39 Å². The molecule has 1 saturated heterocycles. The molecule has 1 N–H and O–H groups in total. The molecule has 0 aliphatic carbocycles. The molecule has 31 heavy (non-hydrogen) atoms. The van der Waals surface area contributed by atoms with Crippen LogP contribution in [0.3, 0.4) is 0 Å². The van der Waals surface area contributed by atoms with Crippen molar-refractivity contribution in [2.45, 2.75) is 13.0 Å². The van der Waals surface area contributed by atoms with E-state index < -0.39 is 0 Å². The zero-order chi connectivity index (χ0) is 22.2. The first-order valence-electron chi connectivity index (χ1n) is 10.3. The number of amides is 2. The van der Waals surface area contributed by atoms with Gasteiger partial charge < -0.3 is 24.6 Å². The minimum Gasteiger partial charge on any atom is -0.497 e. The molecule has 8 heteroatoms. The third-order valence-electron chi connectivity index (χ3n) is 5.24. The third kappa shape index (κ3) is 6.18. The topological polar surface area (TPSA) is 71.1 Å². The largest absolute Gasteiger partial charge is 0.497 e. The number of piperazine rings is 1. The van der Waals surface area contributed by atoms with Gasteiger partial charge in [0.1, 0.15) is 17.3 Å². The van der Waals surface area contributed by atoms with Gasteiger partial charge in [-0.1, -0.05) is 12.1 Å². The zero-order valence-electron chi connectivity index (χ0n) is 17.9. The average molecular weight is 429 g/mol. The van der Waals surface area contributed by atoms with E-state index in [1.807, 2.05) is 4.90 Å². The number of carbonyl (C=O) groups is 2. The number of carbonyl (C=O) groups excluding carboxylic acids is 2. The van der Waals surface area contributed by atoms with Gasteiger partial charge in [0, 0.05) is 57.3 Å². The Hall–Kier alpha value is -3.13. The van der Waals surface area contributed by atoms with Gasteiger partial charge in [-0.05, 0) is 29.8 Å². The number of hydrogen-bond donors (Lipinski definition) is 1.